The average Bonchev–Trinajstić information content (AvgIpc) is 3.50. The fourth-order valence-electron chi connectivity index (χ4n) is 12.5. The molecule has 6 heteroatoms. The van der Waals surface area contributed by atoms with Crippen molar-refractivity contribution in [3.8, 4) is 0 Å². The van der Waals surface area contributed by atoms with Crippen molar-refractivity contribution in [2.45, 2.75) is 222 Å². The fourth-order valence-corrected chi connectivity index (χ4v) is 12.5. The van der Waals surface area contributed by atoms with Gasteiger partial charge in [-0.1, -0.05) is 41.5 Å². The van der Waals surface area contributed by atoms with Gasteiger partial charge in [-0.15, -0.1) is 0 Å². The third kappa shape index (κ3) is 8.93. The van der Waals surface area contributed by atoms with Crippen molar-refractivity contribution in [3.63, 3.8) is 0 Å². The van der Waals surface area contributed by atoms with E-state index in [1.165, 1.54) is 64.2 Å². The molecule has 54 heavy (non-hydrogen) atoms. The van der Waals surface area contributed by atoms with Gasteiger partial charge in [0.05, 0.1) is 16.2 Å². The summed E-state index contributed by atoms with van der Waals surface area (Å²) in [7, 11) is 0. The van der Waals surface area contributed by atoms with Crippen molar-refractivity contribution in [3.05, 3.63) is 0 Å². The Balaban J connectivity index is 0.000000159. The quantitative estimate of drug-likeness (QED) is 0.163. The zero-order valence-corrected chi connectivity index (χ0v) is 37.2. The van der Waals surface area contributed by atoms with Crippen molar-refractivity contribution in [2.24, 2.45) is 63.1 Å². The van der Waals surface area contributed by atoms with E-state index < -0.39 is 0 Å². The second-order valence-electron chi connectivity index (χ2n) is 22.8. The lowest BCUT2D eigenvalue weighted by atomic mass is 9.47. The molecule has 0 heterocycles. The van der Waals surface area contributed by atoms with Gasteiger partial charge >= 0.3 is 17.9 Å². The molecular formula is C48H82O6. The monoisotopic (exact) mass is 755 g/mol. The Kier molecular flexibility index (Phi) is 12.6. The molecule has 9 aliphatic rings. The van der Waals surface area contributed by atoms with Gasteiger partial charge in [0.25, 0.3) is 0 Å². The third-order valence-electron chi connectivity index (χ3n) is 16.5. The van der Waals surface area contributed by atoms with E-state index in [9.17, 15) is 14.4 Å². The number of hydrogen-bond donors (Lipinski definition) is 0. The molecule has 0 saturated heterocycles. The normalized spacial score (nSPS) is 37.2. The van der Waals surface area contributed by atoms with Crippen LogP contribution in [0.15, 0.2) is 0 Å². The Bertz CT molecular complexity index is 1300. The first-order valence-corrected chi connectivity index (χ1v) is 22.7. The zero-order chi connectivity index (χ0) is 40.1. The fraction of sp³-hybridized carbons (Fsp3) is 0.938. The zero-order valence-electron chi connectivity index (χ0n) is 37.2. The Hall–Kier alpha value is -1.59. The summed E-state index contributed by atoms with van der Waals surface area (Å²) in [6.45, 7) is 27.2. The summed E-state index contributed by atoms with van der Waals surface area (Å²) in [5.74, 6) is 5.14. The van der Waals surface area contributed by atoms with Crippen LogP contribution in [-0.2, 0) is 28.6 Å². The number of carbonyl (C=O) groups excluding carboxylic acids is 3. The maximum Gasteiger partial charge on any atom is 0.312 e. The van der Waals surface area contributed by atoms with Gasteiger partial charge in [0.15, 0.2) is 0 Å². The third-order valence-corrected chi connectivity index (χ3v) is 16.5. The molecule has 0 aliphatic heterocycles. The van der Waals surface area contributed by atoms with Crippen molar-refractivity contribution in [2.75, 3.05) is 0 Å². The number of rotatable bonds is 10. The first kappa shape index (κ1) is 43.5. The van der Waals surface area contributed by atoms with Crippen molar-refractivity contribution in [1.29, 1.82) is 0 Å². The summed E-state index contributed by atoms with van der Waals surface area (Å²) in [5.41, 5.74) is -1.02. The summed E-state index contributed by atoms with van der Waals surface area (Å²) in [5, 5.41) is 0. The lowest BCUT2D eigenvalue weighted by Crippen LogP contribution is -2.63. The van der Waals surface area contributed by atoms with Crippen molar-refractivity contribution in [1.82, 2.24) is 0 Å². The molecule has 9 saturated carbocycles. The molecule has 0 amide bonds. The largest absolute Gasteiger partial charge is 0.459 e. The van der Waals surface area contributed by atoms with E-state index in [0.717, 1.165) is 75.0 Å². The van der Waals surface area contributed by atoms with Gasteiger partial charge in [0.1, 0.15) is 16.8 Å². The highest BCUT2D eigenvalue weighted by molar-refractivity contribution is 5.77. The molecule has 9 fully saturated rings. The molecule has 0 spiro atoms. The van der Waals surface area contributed by atoms with Crippen LogP contribution in [-0.4, -0.2) is 34.7 Å². The summed E-state index contributed by atoms with van der Waals surface area (Å²) in [6, 6.07) is 0. The van der Waals surface area contributed by atoms with Gasteiger partial charge in [0, 0.05) is 0 Å². The first-order chi connectivity index (χ1) is 24.9. The number of hydrogen-bond acceptors (Lipinski definition) is 6. The van der Waals surface area contributed by atoms with Crippen LogP contribution < -0.4 is 0 Å². The Morgan fingerprint density at radius 3 is 1.35 bits per heavy atom. The van der Waals surface area contributed by atoms with Crippen LogP contribution in [0.5, 0.6) is 0 Å². The highest BCUT2D eigenvalue weighted by Gasteiger charge is 2.62. The molecule has 0 aromatic carbocycles. The summed E-state index contributed by atoms with van der Waals surface area (Å²) < 4.78 is 18.1. The Morgan fingerprint density at radius 2 is 0.963 bits per heavy atom. The van der Waals surface area contributed by atoms with E-state index in [-0.39, 0.29) is 51.0 Å². The first-order valence-electron chi connectivity index (χ1n) is 22.7. The molecule has 9 rings (SSSR count). The van der Waals surface area contributed by atoms with E-state index in [1.54, 1.807) is 0 Å². The van der Waals surface area contributed by atoms with Gasteiger partial charge in [-0.25, -0.2) is 0 Å². The number of ether oxygens (including phenoxy) is 3. The highest BCUT2D eigenvalue weighted by Crippen LogP contribution is 2.64. The van der Waals surface area contributed by atoms with E-state index in [2.05, 4.69) is 41.5 Å². The Labute approximate surface area is 331 Å². The molecule has 310 valence electrons. The van der Waals surface area contributed by atoms with Crippen molar-refractivity contribution >= 4 is 17.9 Å². The summed E-state index contributed by atoms with van der Waals surface area (Å²) >= 11 is 0. The van der Waals surface area contributed by atoms with E-state index in [1.807, 2.05) is 48.5 Å². The molecule has 0 aromatic rings. The van der Waals surface area contributed by atoms with Gasteiger partial charge in [-0.05, 0) is 211 Å². The standard InChI is InChI=1S/C19H32O2.C17H28O2.C12H22O2/c1-6-18(4,5)17(20)21-19(12(2)3)15-8-13-7-14(10-15)11-16(19)9-13;1-5-15(2,3)14(18)19-17-9-12-6-13(10-17)8-16(4,7-12)11-17;1-5-11(2,3)10(13)14-12(4)8-6-7-9-12/h12-16H,6-11H2,1-5H3;12-13H,5-11H2,1-4H3;5-9H2,1-4H3. The molecule has 6 nitrogen and oxygen atoms in total. The van der Waals surface area contributed by atoms with Gasteiger partial charge < -0.3 is 14.2 Å². The van der Waals surface area contributed by atoms with Gasteiger partial charge in [-0.3, -0.25) is 14.4 Å². The van der Waals surface area contributed by atoms with Gasteiger partial charge in [-0.2, -0.15) is 0 Å². The second kappa shape index (κ2) is 15.6. The highest BCUT2D eigenvalue weighted by atomic mass is 16.6. The van der Waals surface area contributed by atoms with E-state index >= 15 is 0 Å². The van der Waals surface area contributed by atoms with E-state index in [4.69, 9.17) is 14.2 Å². The van der Waals surface area contributed by atoms with Crippen LogP contribution >= 0.6 is 0 Å². The van der Waals surface area contributed by atoms with Crippen LogP contribution in [0.1, 0.15) is 206 Å². The lowest BCUT2D eigenvalue weighted by molar-refractivity contribution is -0.231. The van der Waals surface area contributed by atoms with Gasteiger partial charge in [0.2, 0.25) is 0 Å². The summed E-state index contributed by atoms with van der Waals surface area (Å²) in [4.78, 5) is 37.1. The number of carbonyl (C=O) groups is 3. The molecule has 0 N–H and O–H groups in total. The smallest absolute Gasteiger partial charge is 0.312 e. The summed E-state index contributed by atoms with van der Waals surface area (Å²) in [6.07, 6.45) is 21.1. The van der Waals surface area contributed by atoms with Crippen LogP contribution in [0.4, 0.5) is 0 Å². The van der Waals surface area contributed by atoms with Crippen LogP contribution in [0.3, 0.4) is 0 Å². The van der Waals surface area contributed by atoms with E-state index in [0.29, 0.717) is 23.2 Å². The maximum absolute atomic E-state index is 12.8. The maximum atomic E-state index is 12.8. The topological polar surface area (TPSA) is 78.9 Å². The molecule has 9 aliphatic carbocycles. The predicted octanol–water partition coefficient (Wildman–Crippen LogP) is 12.4. The van der Waals surface area contributed by atoms with Crippen LogP contribution in [0.25, 0.3) is 0 Å². The molecule has 8 bridgehead atoms. The molecule has 2 unspecified atom stereocenters. The SMILES string of the molecule is CCC(C)(C)C(=O)OC1(C(C)C)C2CC3CC(C2)CC1C3.CCC(C)(C)C(=O)OC1(C)CCCC1.CCC(C)(C)C(=O)OC12CC3CC(CC(C)(C3)C1)C2. The predicted molar refractivity (Wildman–Crippen MR) is 217 cm³/mol. The minimum atomic E-state index is -0.351. The molecule has 2 atom stereocenters. The number of esters is 3. The second-order valence-corrected chi connectivity index (χ2v) is 22.8. The molecule has 0 radical (unpaired) electrons. The Morgan fingerprint density at radius 1 is 0.574 bits per heavy atom. The average molecular weight is 755 g/mol. The molecule has 0 aromatic heterocycles. The van der Waals surface area contributed by atoms with Crippen LogP contribution in [0, 0.1) is 63.1 Å². The lowest BCUT2D eigenvalue weighted by Gasteiger charge is -2.62. The van der Waals surface area contributed by atoms with Crippen molar-refractivity contribution < 1.29 is 28.6 Å². The minimum Gasteiger partial charge on any atom is -0.459 e. The van der Waals surface area contributed by atoms with Crippen LogP contribution in [0.2, 0.25) is 0 Å². The minimum absolute atomic E-state index is 0.0283. The molecular weight excluding hydrogens is 673 g/mol.